The van der Waals surface area contributed by atoms with Gasteiger partial charge in [0.05, 0.1) is 6.10 Å². The van der Waals surface area contributed by atoms with Crippen molar-refractivity contribution < 1.29 is 19.1 Å². The van der Waals surface area contributed by atoms with E-state index >= 15 is 0 Å². The summed E-state index contributed by atoms with van der Waals surface area (Å²) in [5.41, 5.74) is -0.400. The van der Waals surface area contributed by atoms with Crippen LogP contribution in [-0.2, 0) is 19.1 Å². The molecular formula is C28H54O4. The SMILES string of the molecule is CC(C)CCCCCCCCCCCCCC(C)(C)OC(=O)CCCCC(=O)OC(C)C. The Morgan fingerprint density at radius 2 is 1.06 bits per heavy atom. The molecule has 0 atom stereocenters. The third kappa shape index (κ3) is 22.1. The molecule has 4 nitrogen and oxygen atoms in total. The molecule has 190 valence electrons. The molecule has 0 N–H and O–H groups in total. The molecule has 0 saturated carbocycles. The Morgan fingerprint density at radius 1 is 0.625 bits per heavy atom. The maximum Gasteiger partial charge on any atom is 0.306 e. The molecule has 0 amide bonds. The highest BCUT2D eigenvalue weighted by Gasteiger charge is 2.22. The minimum atomic E-state index is -0.400. The van der Waals surface area contributed by atoms with Gasteiger partial charge in [0, 0.05) is 12.8 Å². The minimum Gasteiger partial charge on any atom is -0.463 e. The molecule has 0 rings (SSSR count). The summed E-state index contributed by atoms with van der Waals surface area (Å²) in [6, 6.07) is 0. The molecule has 0 aromatic carbocycles. The molecule has 0 aromatic rings. The molecule has 0 aliphatic heterocycles. The molecule has 0 heterocycles. The third-order valence-corrected chi connectivity index (χ3v) is 5.83. The van der Waals surface area contributed by atoms with Gasteiger partial charge in [0.2, 0.25) is 0 Å². The number of rotatable bonds is 21. The quantitative estimate of drug-likeness (QED) is 0.129. The van der Waals surface area contributed by atoms with Crippen molar-refractivity contribution in [2.24, 2.45) is 5.92 Å². The summed E-state index contributed by atoms with van der Waals surface area (Å²) in [6.45, 7) is 12.3. The second-order valence-corrected chi connectivity index (χ2v) is 10.8. The monoisotopic (exact) mass is 454 g/mol. The molecule has 0 aromatic heterocycles. The Balaban J connectivity index is 3.56. The van der Waals surface area contributed by atoms with Crippen molar-refractivity contribution in [1.29, 1.82) is 0 Å². The summed E-state index contributed by atoms with van der Waals surface area (Å²) in [5.74, 6) is 0.507. The van der Waals surface area contributed by atoms with Crippen molar-refractivity contribution in [3.63, 3.8) is 0 Å². The van der Waals surface area contributed by atoms with Gasteiger partial charge in [0.1, 0.15) is 5.60 Å². The lowest BCUT2D eigenvalue weighted by Crippen LogP contribution is -2.28. The summed E-state index contributed by atoms with van der Waals surface area (Å²) >= 11 is 0. The minimum absolute atomic E-state index is 0.0810. The van der Waals surface area contributed by atoms with Crippen LogP contribution in [0.5, 0.6) is 0 Å². The molecule has 32 heavy (non-hydrogen) atoms. The van der Waals surface area contributed by atoms with E-state index in [-0.39, 0.29) is 18.0 Å². The van der Waals surface area contributed by atoms with E-state index < -0.39 is 5.60 Å². The zero-order valence-corrected chi connectivity index (χ0v) is 22.3. The van der Waals surface area contributed by atoms with Crippen LogP contribution in [-0.4, -0.2) is 23.6 Å². The predicted octanol–water partition coefficient (Wildman–Crippen LogP) is 8.55. The smallest absolute Gasteiger partial charge is 0.306 e. The van der Waals surface area contributed by atoms with Crippen molar-refractivity contribution in [3.8, 4) is 0 Å². The third-order valence-electron chi connectivity index (χ3n) is 5.83. The summed E-state index contributed by atoms with van der Waals surface area (Å²) in [4.78, 5) is 23.6. The second-order valence-electron chi connectivity index (χ2n) is 10.8. The fourth-order valence-electron chi connectivity index (χ4n) is 3.97. The lowest BCUT2D eigenvalue weighted by molar-refractivity contribution is -0.157. The van der Waals surface area contributed by atoms with Crippen molar-refractivity contribution in [2.45, 2.75) is 162 Å². The van der Waals surface area contributed by atoms with E-state index in [9.17, 15) is 9.59 Å². The Kier molecular flexibility index (Phi) is 18.8. The molecule has 4 heteroatoms. The molecular weight excluding hydrogens is 400 g/mol. The molecule has 0 aliphatic rings. The first-order valence-electron chi connectivity index (χ1n) is 13.5. The lowest BCUT2D eigenvalue weighted by atomic mass is 9.98. The Labute approximate surface area is 199 Å². The summed E-state index contributed by atoms with van der Waals surface area (Å²) in [6.07, 6.45) is 19.0. The van der Waals surface area contributed by atoms with E-state index in [4.69, 9.17) is 9.47 Å². The molecule has 0 radical (unpaired) electrons. The topological polar surface area (TPSA) is 52.6 Å². The fraction of sp³-hybridized carbons (Fsp3) is 0.929. The van der Waals surface area contributed by atoms with E-state index in [2.05, 4.69) is 13.8 Å². The molecule has 0 saturated heterocycles. The average Bonchev–Trinajstić information content (AvgIpc) is 2.67. The highest BCUT2D eigenvalue weighted by atomic mass is 16.6. The summed E-state index contributed by atoms with van der Waals surface area (Å²) < 4.78 is 10.8. The van der Waals surface area contributed by atoms with Crippen molar-refractivity contribution in [3.05, 3.63) is 0 Å². The number of unbranched alkanes of at least 4 members (excludes halogenated alkanes) is 11. The first-order valence-corrected chi connectivity index (χ1v) is 13.5. The van der Waals surface area contributed by atoms with E-state index in [1.807, 2.05) is 27.7 Å². The van der Waals surface area contributed by atoms with Crippen LogP contribution >= 0.6 is 0 Å². The number of hydrogen-bond acceptors (Lipinski definition) is 4. The van der Waals surface area contributed by atoms with E-state index in [0.29, 0.717) is 25.7 Å². The number of hydrogen-bond donors (Lipinski definition) is 0. The van der Waals surface area contributed by atoms with Gasteiger partial charge < -0.3 is 9.47 Å². The molecule has 0 bridgehead atoms. The van der Waals surface area contributed by atoms with Gasteiger partial charge in [-0.05, 0) is 59.3 Å². The highest BCUT2D eigenvalue weighted by Crippen LogP contribution is 2.21. The number of carbonyl (C=O) groups is 2. The highest BCUT2D eigenvalue weighted by molar-refractivity contribution is 5.71. The van der Waals surface area contributed by atoms with Crippen LogP contribution in [0.15, 0.2) is 0 Å². The largest absolute Gasteiger partial charge is 0.463 e. The van der Waals surface area contributed by atoms with Crippen LogP contribution in [0.2, 0.25) is 0 Å². The van der Waals surface area contributed by atoms with Crippen LogP contribution in [0.1, 0.15) is 151 Å². The zero-order valence-electron chi connectivity index (χ0n) is 22.3. The fourth-order valence-corrected chi connectivity index (χ4v) is 3.97. The lowest BCUT2D eigenvalue weighted by Gasteiger charge is -2.25. The molecule has 0 unspecified atom stereocenters. The molecule has 0 spiro atoms. The maximum absolute atomic E-state index is 12.1. The molecule has 0 fully saturated rings. The van der Waals surface area contributed by atoms with Gasteiger partial charge in [-0.25, -0.2) is 0 Å². The average molecular weight is 455 g/mol. The van der Waals surface area contributed by atoms with Crippen LogP contribution in [0, 0.1) is 5.92 Å². The first-order chi connectivity index (χ1) is 15.1. The predicted molar refractivity (Wildman–Crippen MR) is 135 cm³/mol. The van der Waals surface area contributed by atoms with Crippen molar-refractivity contribution in [1.82, 2.24) is 0 Å². The van der Waals surface area contributed by atoms with Gasteiger partial charge in [0.25, 0.3) is 0 Å². The van der Waals surface area contributed by atoms with Gasteiger partial charge >= 0.3 is 11.9 Å². The summed E-state index contributed by atoms with van der Waals surface area (Å²) in [7, 11) is 0. The van der Waals surface area contributed by atoms with Crippen LogP contribution < -0.4 is 0 Å². The number of esters is 2. The first kappa shape index (κ1) is 30.9. The standard InChI is InChI=1S/C28H54O4/c1-24(2)20-16-14-12-10-8-7-9-11-13-15-19-23-28(5,6)32-27(30)22-18-17-21-26(29)31-25(3)4/h24-25H,7-23H2,1-6H3. The van der Waals surface area contributed by atoms with Gasteiger partial charge in [-0.1, -0.05) is 84.5 Å². The maximum atomic E-state index is 12.1. The van der Waals surface area contributed by atoms with Gasteiger partial charge in [0.15, 0.2) is 0 Å². The van der Waals surface area contributed by atoms with Gasteiger partial charge in [-0.2, -0.15) is 0 Å². The van der Waals surface area contributed by atoms with Crippen LogP contribution in [0.25, 0.3) is 0 Å². The van der Waals surface area contributed by atoms with E-state index in [1.54, 1.807) is 0 Å². The van der Waals surface area contributed by atoms with Crippen molar-refractivity contribution >= 4 is 11.9 Å². The normalized spacial score (nSPS) is 11.9. The van der Waals surface area contributed by atoms with Gasteiger partial charge in [-0.15, -0.1) is 0 Å². The Hall–Kier alpha value is -1.06. The van der Waals surface area contributed by atoms with Gasteiger partial charge in [-0.3, -0.25) is 9.59 Å². The Morgan fingerprint density at radius 3 is 1.53 bits per heavy atom. The number of ether oxygens (including phenoxy) is 2. The number of carbonyl (C=O) groups excluding carboxylic acids is 2. The summed E-state index contributed by atoms with van der Waals surface area (Å²) in [5, 5.41) is 0. The van der Waals surface area contributed by atoms with E-state index in [1.165, 1.54) is 70.6 Å². The molecule has 0 aliphatic carbocycles. The Bertz CT molecular complexity index is 468. The van der Waals surface area contributed by atoms with Crippen LogP contribution in [0.3, 0.4) is 0 Å². The van der Waals surface area contributed by atoms with E-state index in [0.717, 1.165) is 18.8 Å². The zero-order chi connectivity index (χ0) is 24.2. The second kappa shape index (κ2) is 19.4. The van der Waals surface area contributed by atoms with Crippen LogP contribution in [0.4, 0.5) is 0 Å². The van der Waals surface area contributed by atoms with Crippen molar-refractivity contribution in [2.75, 3.05) is 0 Å².